The average molecular weight is 358 g/mol. The van der Waals surface area contributed by atoms with Gasteiger partial charge in [-0.25, -0.2) is 0 Å². The SMILES string of the molecule is Cc1cnc(CN2C[C@]34C=C[C@H](O3)[C@H](C(=O)N(C)CCO)[C@@H]4C2=O)cn1. The molecular formula is C18H22N4O4. The number of carbonyl (C=O) groups excluding carboxylic acids is 2. The minimum absolute atomic E-state index is 0.0880. The van der Waals surface area contributed by atoms with Gasteiger partial charge >= 0.3 is 0 Å². The van der Waals surface area contributed by atoms with Crippen LogP contribution in [-0.2, 0) is 20.9 Å². The molecule has 0 saturated carbocycles. The Kier molecular flexibility index (Phi) is 4.04. The lowest BCUT2D eigenvalue weighted by Gasteiger charge is -2.27. The number of fused-ring (bicyclic) bond motifs is 1. The molecule has 8 heteroatoms. The van der Waals surface area contributed by atoms with E-state index in [0.717, 1.165) is 5.69 Å². The van der Waals surface area contributed by atoms with Gasteiger partial charge in [-0.2, -0.15) is 0 Å². The third kappa shape index (κ3) is 2.52. The first kappa shape index (κ1) is 17.1. The molecule has 138 valence electrons. The van der Waals surface area contributed by atoms with Crippen molar-refractivity contribution in [2.24, 2.45) is 11.8 Å². The topological polar surface area (TPSA) is 95.9 Å². The van der Waals surface area contributed by atoms with Crippen molar-refractivity contribution in [3.8, 4) is 0 Å². The van der Waals surface area contributed by atoms with E-state index in [4.69, 9.17) is 9.84 Å². The van der Waals surface area contributed by atoms with E-state index in [9.17, 15) is 9.59 Å². The van der Waals surface area contributed by atoms with Gasteiger partial charge in [-0.3, -0.25) is 19.6 Å². The van der Waals surface area contributed by atoms with Crippen LogP contribution in [0, 0.1) is 18.8 Å². The molecule has 2 saturated heterocycles. The number of amides is 2. The van der Waals surface area contributed by atoms with Gasteiger partial charge in [0.1, 0.15) is 5.60 Å². The highest BCUT2D eigenvalue weighted by atomic mass is 16.5. The first-order chi connectivity index (χ1) is 12.4. The number of aliphatic hydroxyl groups excluding tert-OH is 1. The summed E-state index contributed by atoms with van der Waals surface area (Å²) in [5.41, 5.74) is 0.791. The molecular weight excluding hydrogens is 336 g/mol. The molecule has 1 aromatic heterocycles. The number of hydrogen-bond acceptors (Lipinski definition) is 6. The second-order valence-electron chi connectivity index (χ2n) is 7.23. The van der Waals surface area contributed by atoms with Crippen LogP contribution < -0.4 is 0 Å². The Morgan fingerprint density at radius 3 is 2.96 bits per heavy atom. The molecule has 8 nitrogen and oxygen atoms in total. The summed E-state index contributed by atoms with van der Waals surface area (Å²) in [7, 11) is 1.64. The molecule has 1 spiro atoms. The second kappa shape index (κ2) is 6.14. The maximum Gasteiger partial charge on any atom is 0.230 e. The smallest absolute Gasteiger partial charge is 0.230 e. The first-order valence-electron chi connectivity index (χ1n) is 8.74. The molecule has 0 aliphatic carbocycles. The number of carbonyl (C=O) groups is 2. The lowest BCUT2D eigenvalue weighted by molar-refractivity contribution is -0.142. The molecule has 4 rings (SSSR count). The van der Waals surface area contributed by atoms with Crippen molar-refractivity contribution in [1.29, 1.82) is 0 Å². The highest BCUT2D eigenvalue weighted by Gasteiger charge is 2.67. The van der Waals surface area contributed by atoms with Gasteiger partial charge in [0, 0.05) is 19.8 Å². The van der Waals surface area contributed by atoms with Crippen molar-refractivity contribution in [2.75, 3.05) is 26.7 Å². The molecule has 3 aliphatic rings. The van der Waals surface area contributed by atoms with Crippen LogP contribution in [-0.4, -0.2) is 75.1 Å². The lowest BCUT2D eigenvalue weighted by Crippen LogP contribution is -2.45. The summed E-state index contributed by atoms with van der Waals surface area (Å²) in [6.07, 6.45) is 6.78. The number of likely N-dealkylation sites (N-methyl/N-ethyl adjacent to an activating group) is 1. The van der Waals surface area contributed by atoms with Gasteiger partial charge < -0.3 is 19.6 Å². The van der Waals surface area contributed by atoms with Gasteiger partial charge in [-0.1, -0.05) is 12.2 Å². The van der Waals surface area contributed by atoms with E-state index in [1.54, 1.807) is 24.3 Å². The number of rotatable bonds is 5. The normalized spacial score (nSPS) is 31.6. The largest absolute Gasteiger partial charge is 0.395 e. The van der Waals surface area contributed by atoms with Crippen LogP contribution in [0.3, 0.4) is 0 Å². The number of aliphatic hydroxyl groups is 1. The molecule has 4 heterocycles. The highest BCUT2D eigenvalue weighted by molar-refractivity contribution is 5.92. The van der Waals surface area contributed by atoms with E-state index in [-0.39, 0.29) is 31.1 Å². The average Bonchev–Trinajstić information content (AvgIpc) is 3.25. The third-order valence-electron chi connectivity index (χ3n) is 5.46. The highest BCUT2D eigenvalue weighted by Crippen LogP contribution is 2.52. The summed E-state index contributed by atoms with van der Waals surface area (Å²) < 4.78 is 6.08. The predicted molar refractivity (Wildman–Crippen MR) is 90.6 cm³/mol. The third-order valence-corrected chi connectivity index (χ3v) is 5.46. The molecule has 4 atom stereocenters. The molecule has 0 radical (unpaired) electrons. The summed E-state index contributed by atoms with van der Waals surface area (Å²) in [5.74, 6) is -1.32. The van der Waals surface area contributed by atoms with Gasteiger partial charge in [0.2, 0.25) is 11.8 Å². The van der Waals surface area contributed by atoms with Crippen LogP contribution in [0.25, 0.3) is 0 Å². The minimum Gasteiger partial charge on any atom is -0.395 e. The Labute approximate surface area is 151 Å². The van der Waals surface area contributed by atoms with E-state index >= 15 is 0 Å². The summed E-state index contributed by atoms with van der Waals surface area (Å²) in [5, 5.41) is 9.10. The fraction of sp³-hybridized carbons (Fsp3) is 0.556. The molecule has 26 heavy (non-hydrogen) atoms. The number of likely N-dealkylation sites (tertiary alicyclic amines) is 1. The van der Waals surface area contributed by atoms with E-state index in [1.807, 2.05) is 19.1 Å². The van der Waals surface area contributed by atoms with Crippen molar-refractivity contribution >= 4 is 11.8 Å². The minimum atomic E-state index is -0.736. The maximum absolute atomic E-state index is 13.1. The van der Waals surface area contributed by atoms with Crippen molar-refractivity contribution in [3.63, 3.8) is 0 Å². The van der Waals surface area contributed by atoms with Crippen LogP contribution >= 0.6 is 0 Å². The van der Waals surface area contributed by atoms with E-state index < -0.39 is 17.4 Å². The van der Waals surface area contributed by atoms with Crippen LogP contribution in [0.15, 0.2) is 24.5 Å². The van der Waals surface area contributed by atoms with Crippen LogP contribution in [0.5, 0.6) is 0 Å². The Morgan fingerprint density at radius 1 is 1.46 bits per heavy atom. The first-order valence-corrected chi connectivity index (χ1v) is 8.74. The number of aromatic nitrogens is 2. The number of aryl methyl sites for hydroxylation is 1. The summed E-state index contributed by atoms with van der Waals surface area (Å²) >= 11 is 0. The number of hydrogen-bond donors (Lipinski definition) is 1. The van der Waals surface area contributed by atoms with Gasteiger partial charge in [-0.15, -0.1) is 0 Å². The summed E-state index contributed by atoms with van der Waals surface area (Å²) in [4.78, 5) is 37.6. The molecule has 2 amide bonds. The van der Waals surface area contributed by atoms with Gasteiger partial charge in [-0.05, 0) is 6.92 Å². The zero-order chi connectivity index (χ0) is 18.5. The number of nitrogens with zero attached hydrogens (tertiary/aromatic N) is 4. The lowest BCUT2D eigenvalue weighted by atomic mass is 9.76. The fourth-order valence-corrected chi connectivity index (χ4v) is 4.21. The van der Waals surface area contributed by atoms with Crippen molar-refractivity contribution in [3.05, 3.63) is 35.9 Å². The molecule has 1 N–H and O–H groups in total. The molecule has 3 aliphatic heterocycles. The fourth-order valence-electron chi connectivity index (χ4n) is 4.21. The van der Waals surface area contributed by atoms with Crippen molar-refractivity contribution in [2.45, 2.75) is 25.2 Å². The molecule has 0 aromatic carbocycles. The summed E-state index contributed by atoms with van der Waals surface area (Å²) in [6, 6.07) is 0. The second-order valence-corrected chi connectivity index (χ2v) is 7.23. The molecule has 2 fully saturated rings. The van der Waals surface area contributed by atoms with Gasteiger partial charge in [0.25, 0.3) is 0 Å². The zero-order valence-electron chi connectivity index (χ0n) is 14.8. The molecule has 0 unspecified atom stereocenters. The Morgan fingerprint density at radius 2 is 2.27 bits per heavy atom. The standard InChI is InChI=1S/C18H22N4O4/c1-11-7-20-12(8-19-11)9-22-10-18-4-3-13(26-18)14(15(18)17(22)25)16(24)21(2)5-6-23/h3-4,7-8,13-15,23H,5-6,9-10H2,1-2H3/t13-,14-,15+,18-/m0/s1. The van der Waals surface area contributed by atoms with Crippen molar-refractivity contribution in [1.82, 2.24) is 19.8 Å². The predicted octanol–water partition coefficient (Wildman–Crippen LogP) is -0.482. The van der Waals surface area contributed by atoms with E-state index in [2.05, 4.69) is 9.97 Å². The molecule has 1 aromatic rings. The quantitative estimate of drug-likeness (QED) is 0.714. The van der Waals surface area contributed by atoms with Gasteiger partial charge in [0.05, 0.1) is 55.2 Å². The van der Waals surface area contributed by atoms with Gasteiger partial charge in [0.15, 0.2) is 0 Å². The van der Waals surface area contributed by atoms with Crippen LogP contribution in [0.4, 0.5) is 0 Å². The maximum atomic E-state index is 13.1. The molecule has 2 bridgehead atoms. The van der Waals surface area contributed by atoms with Crippen molar-refractivity contribution < 1.29 is 19.4 Å². The van der Waals surface area contributed by atoms with Crippen LogP contribution in [0.2, 0.25) is 0 Å². The van der Waals surface area contributed by atoms with E-state index in [1.165, 1.54) is 4.90 Å². The summed E-state index contributed by atoms with van der Waals surface area (Å²) in [6.45, 7) is 2.74. The van der Waals surface area contributed by atoms with E-state index in [0.29, 0.717) is 18.8 Å². The zero-order valence-corrected chi connectivity index (χ0v) is 14.8. The Bertz CT molecular complexity index is 765. The Hall–Kier alpha value is -2.32. The Balaban J connectivity index is 1.57. The monoisotopic (exact) mass is 358 g/mol. The van der Waals surface area contributed by atoms with Crippen LogP contribution in [0.1, 0.15) is 11.4 Å². The number of ether oxygens (including phenoxy) is 1.